The summed E-state index contributed by atoms with van der Waals surface area (Å²) in [4.78, 5) is 21.1. The molecule has 0 aliphatic carbocycles. The zero-order valence-electron chi connectivity index (χ0n) is 17.2. The Morgan fingerprint density at radius 2 is 1.67 bits per heavy atom. The maximum atomic E-state index is 12.8. The molecule has 0 spiro atoms. The molecular formula is C23H25N5O2. The minimum atomic E-state index is 0.0438. The normalized spacial score (nSPS) is 14.1. The van der Waals surface area contributed by atoms with Gasteiger partial charge in [-0.05, 0) is 62.4 Å². The van der Waals surface area contributed by atoms with Gasteiger partial charge in [0, 0.05) is 37.9 Å². The molecule has 1 saturated heterocycles. The summed E-state index contributed by atoms with van der Waals surface area (Å²) in [5, 5.41) is 8.67. The van der Waals surface area contributed by atoms with Gasteiger partial charge in [-0.2, -0.15) is 0 Å². The Hall–Kier alpha value is -3.48. The average Bonchev–Trinajstić information content (AvgIpc) is 2.80. The summed E-state index contributed by atoms with van der Waals surface area (Å²) in [5.41, 5.74) is 2.23. The first-order valence-corrected chi connectivity index (χ1v) is 10.2. The molecule has 2 aromatic heterocycles. The molecule has 7 nitrogen and oxygen atoms in total. The summed E-state index contributed by atoms with van der Waals surface area (Å²) >= 11 is 0. The van der Waals surface area contributed by atoms with E-state index in [4.69, 9.17) is 4.74 Å². The van der Waals surface area contributed by atoms with E-state index in [-0.39, 0.29) is 12.0 Å². The minimum absolute atomic E-state index is 0.0438. The van der Waals surface area contributed by atoms with Gasteiger partial charge < -0.3 is 14.5 Å². The Labute approximate surface area is 176 Å². The first-order chi connectivity index (χ1) is 14.6. The molecule has 154 valence electrons. The second-order valence-electron chi connectivity index (χ2n) is 7.46. The van der Waals surface area contributed by atoms with Crippen LogP contribution in [0.25, 0.3) is 11.4 Å². The van der Waals surface area contributed by atoms with Gasteiger partial charge in [0.15, 0.2) is 5.82 Å². The van der Waals surface area contributed by atoms with Crippen LogP contribution < -0.4 is 9.64 Å². The Morgan fingerprint density at radius 1 is 0.900 bits per heavy atom. The number of piperazine rings is 1. The topological polar surface area (TPSA) is 71.5 Å². The molecule has 4 rings (SSSR count). The Morgan fingerprint density at radius 3 is 2.27 bits per heavy atom. The largest absolute Gasteiger partial charge is 0.491 e. The van der Waals surface area contributed by atoms with Crippen LogP contribution in [0, 0.1) is 0 Å². The van der Waals surface area contributed by atoms with Gasteiger partial charge >= 0.3 is 0 Å². The number of rotatable bonds is 5. The highest BCUT2D eigenvalue weighted by atomic mass is 16.5. The predicted molar refractivity (Wildman–Crippen MR) is 116 cm³/mol. The Kier molecular flexibility index (Phi) is 5.88. The zero-order valence-corrected chi connectivity index (χ0v) is 17.2. The van der Waals surface area contributed by atoms with Gasteiger partial charge in [0.05, 0.1) is 11.8 Å². The number of hydrogen-bond acceptors (Lipinski definition) is 6. The van der Waals surface area contributed by atoms with Gasteiger partial charge in [-0.25, -0.2) is 0 Å². The quantitative estimate of drug-likeness (QED) is 0.651. The Balaban J connectivity index is 1.35. The number of carbonyl (C=O) groups excluding carboxylic acids is 1. The first-order valence-electron chi connectivity index (χ1n) is 10.2. The maximum absolute atomic E-state index is 12.8. The first kappa shape index (κ1) is 19.8. The van der Waals surface area contributed by atoms with Crippen molar-refractivity contribution in [2.24, 2.45) is 0 Å². The van der Waals surface area contributed by atoms with Gasteiger partial charge in [0.2, 0.25) is 0 Å². The van der Waals surface area contributed by atoms with Crippen molar-refractivity contribution in [3.8, 4) is 17.1 Å². The summed E-state index contributed by atoms with van der Waals surface area (Å²) in [5.74, 6) is 1.64. The number of anilines is 1. The summed E-state index contributed by atoms with van der Waals surface area (Å²) < 4.78 is 5.65. The van der Waals surface area contributed by atoms with E-state index < -0.39 is 0 Å². The summed E-state index contributed by atoms with van der Waals surface area (Å²) in [6.07, 6.45) is 1.85. The summed E-state index contributed by atoms with van der Waals surface area (Å²) in [6, 6.07) is 17.0. The van der Waals surface area contributed by atoms with Crippen molar-refractivity contribution in [2.75, 3.05) is 31.1 Å². The van der Waals surface area contributed by atoms with Crippen LogP contribution in [0.3, 0.4) is 0 Å². The van der Waals surface area contributed by atoms with Crippen LogP contribution in [0.2, 0.25) is 0 Å². The van der Waals surface area contributed by atoms with E-state index in [0.717, 1.165) is 36.0 Å². The van der Waals surface area contributed by atoms with E-state index in [1.165, 1.54) is 0 Å². The highest BCUT2D eigenvalue weighted by Gasteiger charge is 2.23. The van der Waals surface area contributed by atoms with Crippen molar-refractivity contribution in [3.63, 3.8) is 0 Å². The van der Waals surface area contributed by atoms with Crippen LogP contribution in [-0.2, 0) is 0 Å². The van der Waals surface area contributed by atoms with Gasteiger partial charge in [0.25, 0.3) is 5.91 Å². The van der Waals surface area contributed by atoms with Gasteiger partial charge in [-0.1, -0.05) is 6.07 Å². The second-order valence-corrected chi connectivity index (χ2v) is 7.46. The smallest absolute Gasteiger partial charge is 0.253 e. The van der Waals surface area contributed by atoms with Crippen LogP contribution in [0.15, 0.2) is 60.8 Å². The van der Waals surface area contributed by atoms with E-state index in [9.17, 15) is 4.79 Å². The van der Waals surface area contributed by atoms with Crippen molar-refractivity contribution in [1.82, 2.24) is 20.1 Å². The molecule has 1 fully saturated rings. The highest BCUT2D eigenvalue weighted by molar-refractivity contribution is 5.94. The van der Waals surface area contributed by atoms with E-state index in [0.29, 0.717) is 18.7 Å². The third kappa shape index (κ3) is 4.56. The number of benzene rings is 1. The third-order valence-corrected chi connectivity index (χ3v) is 4.94. The van der Waals surface area contributed by atoms with Crippen LogP contribution in [-0.4, -0.2) is 58.3 Å². The van der Waals surface area contributed by atoms with Crippen LogP contribution in [0.4, 0.5) is 5.82 Å². The fraction of sp³-hybridized carbons (Fsp3) is 0.304. The molecule has 0 N–H and O–H groups in total. The summed E-state index contributed by atoms with van der Waals surface area (Å²) in [6.45, 7) is 6.69. The molecule has 30 heavy (non-hydrogen) atoms. The summed E-state index contributed by atoms with van der Waals surface area (Å²) in [7, 11) is 0. The molecule has 0 radical (unpaired) electrons. The van der Waals surface area contributed by atoms with Gasteiger partial charge in [-0.3, -0.25) is 9.78 Å². The Bertz CT molecular complexity index is 967. The fourth-order valence-electron chi connectivity index (χ4n) is 3.41. The lowest BCUT2D eigenvalue weighted by atomic mass is 10.1. The number of amides is 1. The van der Waals surface area contributed by atoms with E-state index >= 15 is 0 Å². The van der Waals surface area contributed by atoms with E-state index in [1.807, 2.05) is 73.3 Å². The zero-order chi connectivity index (χ0) is 20.9. The predicted octanol–water partition coefficient (Wildman–Crippen LogP) is 3.29. The molecule has 0 bridgehead atoms. The van der Waals surface area contributed by atoms with Crippen molar-refractivity contribution >= 4 is 11.7 Å². The average molecular weight is 403 g/mol. The molecule has 0 unspecified atom stereocenters. The van der Waals surface area contributed by atoms with Crippen molar-refractivity contribution in [2.45, 2.75) is 20.0 Å². The number of pyridine rings is 1. The van der Waals surface area contributed by atoms with Crippen LogP contribution >= 0.6 is 0 Å². The number of hydrogen-bond donors (Lipinski definition) is 0. The lowest BCUT2D eigenvalue weighted by Gasteiger charge is -2.35. The molecule has 3 aromatic rings. The molecule has 0 saturated carbocycles. The lowest BCUT2D eigenvalue weighted by Crippen LogP contribution is -2.49. The minimum Gasteiger partial charge on any atom is -0.491 e. The van der Waals surface area contributed by atoms with Crippen molar-refractivity contribution in [1.29, 1.82) is 0 Å². The lowest BCUT2D eigenvalue weighted by molar-refractivity contribution is 0.0746. The van der Waals surface area contributed by atoms with E-state index in [2.05, 4.69) is 20.1 Å². The molecule has 1 amide bonds. The molecule has 0 atom stereocenters. The number of aromatic nitrogens is 3. The van der Waals surface area contributed by atoms with Crippen LogP contribution in [0.5, 0.6) is 5.75 Å². The molecular weight excluding hydrogens is 378 g/mol. The molecule has 7 heteroatoms. The fourth-order valence-corrected chi connectivity index (χ4v) is 3.41. The number of ether oxygens (including phenoxy) is 1. The molecule has 1 aromatic carbocycles. The third-order valence-electron chi connectivity index (χ3n) is 4.94. The monoisotopic (exact) mass is 403 g/mol. The van der Waals surface area contributed by atoms with Crippen molar-refractivity contribution < 1.29 is 9.53 Å². The maximum Gasteiger partial charge on any atom is 0.253 e. The molecule has 1 aliphatic rings. The van der Waals surface area contributed by atoms with Gasteiger partial charge in [-0.15, -0.1) is 10.2 Å². The number of nitrogens with zero attached hydrogens (tertiary/aromatic N) is 5. The van der Waals surface area contributed by atoms with Crippen molar-refractivity contribution in [3.05, 3.63) is 66.4 Å². The highest BCUT2D eigenvalue weighted by Crippen LogP contribution is 2.19. The van der Waals surface area contributed by atoms with E-state index in [1.54, 1.807) is 6.20 Å². The number of carbonyl (C=O) groups is 1. The van der Waals surface area contributed by atoms with Crippen LogP contribution in [0.1, 0.15) is 24.2 Å². The molecule has 3 heterocycles. The standard InChI is InChI=1S/C23H25N5O2/c1-17(2)30-19-8-6-18(7-9-19)23(29)28-15-13-27(14-16-28)22-11-10-21(25-26-22)20-5-3-4-12-24-20/h3-12,17H,13-16H2,1-2H3. The molecule has 1 aliphatic heterocycles. The second kappa shape index (κ2) is 8.90. The van der Waals surface area contributed by atoms with Gasteiger partial charge in [0.1, 0.15) is 11.4 Å². The SMILES string of the molecule is CC(C)Oc1ccc(C(=O)N2CCN(c3ccc(-c4ccccn4)nn3)CC2)cc1.